The van der Waals surface area contributed by atoms with E-state index in [0.29, 0.717) is 11.5 Å². The third-order valence-corrected chi connectivity index (χ3v) is 16.1. The van der Waals surface area contributed by atoms with Crippen molar-refractivity contribution in [3.05, 3.63) is 258 Å². The molecule has 77 heavy (non-hydrogen) atoms. The van der Waals surface area contributed by atoms with Crippen molar-refractivity contribution in [3.63, 3.8) is 0 Å². The summed E-state index contributed by atoms with van der Waals surface area (Å²) in [6.45, 7) is 29.8. The molecular formula is C71H69N4OPt-3. The Hall–Kier alpha value is -7.20. The van der Waals surface area contributed by atoms with E-state index in [-0.39, 0.29) is 48.1 Å². The summed E-state index contributed by atoms with van der Waals surface area (Å²) in [5.41, 5.74) is 14.9. The van der Waals surface area contributed by atoms with E-state index in [1.54, 1.807) is 0 Å². The number of rotatable bonds is 11. The number of anilines is 4. The quantitative estimate of drug-likeness (QED) is 0.121. The average Bonchev–Trinajstić information content (AvgIpc) is 4.01. The monoisotopic (exact) mass is 1190 g/mol. The molecule has 0 amide bonds. The van der Waals surface area contributed by atoms with Gasteiger partial charge >= 0.3 is 0 Å². The van der Waals surface area contributed by atoms with Crippen LogP contribution in [0.2, 0.25) is 0 Å². The molecule has 6 heteroatoms. The first-order valence-corrected chi connectivity index (χ1v) is 26.8. The topological polar surface area (TPSA) is 33.5 Å². The normalized spacial score (nSPS) is 13.2. The number of pyridine rings is 1. The van der Waals surface area contributed by atoms with Gasteiger partial charge in [0.15, 0.2) is 0 Å². The molecule has 0 saturated carbocycles. The summed E-state index contributed by atoms with van der Waals surface area (Å²) >= 11 is 0. The van der Waals surface area contributed by atoms with Crippen LogP contribution in [-0.4, -0.2) is 9.55 Å². The Morgan fingerprint density at radius 3 is 1.56 bits per heavy atom. The average molecular weight is 1190 g/mol. The van der Waals surface area contributed by atoms with Crippen LogP contribution in [0.3, 0.4) is 0 Å². The predicted octanol–water partition coefficient (Wildman–Crippen LogP) is 18.6. The molecule has 0 spiro atoms. The van der Waals surface area contributed by atoms with E-state index in [1.165, 1.54) is 38.9 Å². The summed E-state index contributed by atoms with van der Waals surface area (Å²) in [5, 5.41) is 2.21. The fourth-order valence-corrected chi connectivity index (χ4v) is 10.9. The van der Waals surface area contributed by atoms with Gasteiger partial charge in [0.25, 0.3) is 0 Å². The first kappa shape index (κ1) is 53.2. The van der Waals surface area contributed by atoms with Gasteiger partial charge in [-0.1, -0.05) is 210 Å². The van der Waals surface area contributed by atoms with Crippen LogP contribution in [0, 0.1) is 18.8 Å². The van der Waals surface area contributed by atoms with Crippen molar-refractivity contribution in [2.45, 2.75) is 110 Å². The summed E-state index contributed by atoms with van der Waals surface area (Å²) in [6, 6.07) is 75.6. The van der Waals surface area contributed by atoms with Crippen molar-refractivity contribution in [3.8, 4) is 17.3 Å². The maximum atomic E-state index is 7.00. The second-order valence-electron chi connectivity index (χ2n) is 24.4. The van der Waals surface area contributed by atoms with E-state index >= 15 is 0 Å². The number of ether oxygens (including phenoxy) is 1. The number of aromatic nitrogens is 2. The van der Waals surface area contributed by atoms with E-state index in [2.05, 4.69) is 298 Å². The molecule has 0 atom stereocenters. The maximum Gasteiger partial charge on any atom is 0.135 e. The number of nitrogens with zero attached hydrogens (tertiary/aromatic N) is 4. The van der Waals surface area contributed by atoms with E-state index in [9.17, 15) is 0 Å². The molecule has 1 aliphatic rings. The fourth-order valence-electron chi connectivity index (χ4n) is 10.9. The van der Waals surface area contributed by atoms with Crippen LogP contribution < -0.4 is 14.5 Å². The molecular weight excluding hydrogens is 1120 g/mol. The van der Waals surface area contributed by atoms with Crippen molar-refractivity contribution < 1.29 is 25.8 Å². The Morgan fingerprint density at radius 1 is 0.416 bits per heavy atom. The van der Waals surface area contributed by atoms with Crippen molar-refractivity contribution >= 4 is 44.6 Å². The number of fused-ring (bicyclic) bond motifs is 4. The van der Waals surface area contributed by atoms with E-state index < -0.39 is 0 Å². The van der Waals surface area contributed by atoms with Crippen molar-refractivity contribution in [1.29, 1.82) is 0 Å². The molecule has 0 bridgehead atoms. The fraction of sp³-hybridized carbons (Fsp3) is 0.239. The third-order valence-electron chi connectivity index (χ3n) is 16.1. The molecule has 0 saturated heterocycles. The largest absolute Gasteiger partial charge is 0.509 e. The van der Waals surface area contributed by atoms with Crippen molar-refractivity contribution in [2.24, 2.45) is 0 Å². The summed E-state index contributed by atoms with van der Waals surface area (Å²) in [4.78, 5) is 9.69. The molecule has 1 aliphatic heterocycles. The van der Waals surface area contributed by atoms with Gasteiger partial charge in [-0.3, -0.25) is 0 Å². The summed E-state index contributed by atoms with van der Waals surface area (Å²) in [7, 11) is 0. The molecule has 10 aromatic rings. The first-order chi connectivity index (χ1) is 36.2. The van der Waals surface area contributed by atoms with Crippen molar-refractivity contribution in [2.75, 3.05) is 9.80 Å². The molecule has 8 aromatic carbocycles. The molecule has 2 aromatic heterocycles. The van der Waals surface area contributed by atoms with Crippen molar-refractivity contribution in [1.82, 2.24) is 9.55 Å². The summed E-state index contributed by atoms with van der Waals surface area (Å²) < 4.78 is 9.22. The van der Waals surface area contributed by atoms with Gasteiger partial charge in [0, 0.05) is 77.6 Å². The molecule has 0 fully saturated rings. The van der Waals surface area contributed by atoms with Crippen LogP contribution in [0.1, 0.15) is 128 Å². The van der Waals surface area contributed by atoms with Crippen LogP contribution in [0.4, 0.5) is 22.7 Å². The zero-order valence-corrected chi connectivity index (χ0v) is 48.8. The summed E-state index contributed by atoms with van der Waals surface area (Å²) in [6.07, 6.45) is 1.93. The second-order valence-corrected chi connectivity index (χ2v) is 24.4. The molecule has 11 rings (SSSR count). The van der Waals surface area contributed by atoms with Gasteiger partial charge in [-0.2, -0.15) is 6.07 Å². The van der Waals surface area contributed by atoms with E-state index in [4.69, 9.17) is 9.72 Å². The Bertz CT molecular complexity index is 3700. The van der Waals surface area contributed by atoms with Crippen LogP contribution in [0.5, 0.6) is 11.5 Å². The van der Waals surface area contributed by atoms with Gasteiger partial charge in [-0.25, -0.2) is 4.98 Å². The Labute approximate surface area is 471 Å². The standard InChI is InChI=1S/C71H69N4O.Pt/c1-67(2,3)51-32-35-63-65(43-51)74(56-40-54(70(9,10)49-26-18-14-19-27-49)38-55(41-56)71(11,12)50-28-20-15-21-29-50)47-73(63)57-39-53(68(4,5)6)42-59(45-57)76-58-33-34-61-60-30-22-23-31-62(60)75(64(61)46-58)66-44-52(36-37-72-66)69(7,8)48-24-16-13-17-25-48;/h13-44,47H,1-12H3;/q-3;. The molecule has 3 heterocycles. The van der Waals surface area contributed by atoms with Gasteiger partial charge in [-0.15, -0.1) is 53.6 Å². The number of hydrogen-bond donors (Lipinski definition) is 0. The van der Waals surface area contributed by atoms with Crippen LogP contribution in [-0.2, 0) is 48.1 Å². The SMILES string of the molecule is CC(C)(C)c1cc(Oc2[c-]c3c(cc2)c2ccccc2n3-c2cc(C(C)(C)c3ccccc3)ccn2)[c-]c(N2[CH-]N(c3cc(C(C)(C)c4ccccc4)cc(C(C)(C)c4ccccc4)c3)c3cc(C(C)(C)C)ccc32)c1.[Pt]. The van der Waals surface area contributed by atoms with Crippen LogP contribution in [0.25, 0.3) is 27.6 Å². The molecule has 0 radical (unpaired) electrons. The van der Waals surface area contributed by atoms with Crippen LogP contribution in [0.15, 0.2) is 194 Å². The number of para-hydroxylation sites is 1. The molecule has 0 aliphatic carbocycles. The Morgan fingerprint density at radius 2 is 0.974 bits per heavy atom. The number of benzene rings is 8. The molecule has 5 nitrogen and oxygen atoms in total. The van der Waals surface area contributed by atoms with Gasteiger partial charge in [0.2, 0.25) is 0 Å². The van der Waals surface area contributed by atoms with Gasteiger partial charge < -0.3 is 19.1 Å². The summed E-state index contributed by atoms with van der Waals surface area (Å²) in [5.74, 6) is 2.04. The molecule has 392 valence electrons. The minimum Gasteiger partial charge on any atom is -0.509 e. The first-order valence-electron chi connectivity index (χ1n) is 26.8. The Kier molecular flexibility index (Phi) is 13.8. The van der Waals surface area contributed by atoms with Gasteiger partial charge in [-0.05, 0) is 97.6 Å². The van der Waals surface area contributed by atoms with Gasteiger partial charge in [0.1, 0.15) is 5.82 Å². The zero-order valence-electron chi connectivity index (χ0n) is 46.6. The van der Waals surface area contributed by atoms with E-state index in [0.717, 1.165) is 55.9 Å². The predicted molar refractivity (Wildman–Crippen MR) is 317 cm³/mol. The zero-order chi connectivity index (χ0) is 53.4. The van der Waals surface area contributed by atoms with Gasteiger partial charge in [0.05, 0.1) is 0 Å². The Balaban J connectivity index is 0.00000672. The number of hydrogen-bond acceptors (Lipinski definition) is 4. The van der Waals surface area contributed by atoms with Crippen LogP contribution >= 0.6 is 0 Å². The molecule has 0 unspecified atom stereocenters. The third kappa shape index (κ3) is 9.93. The second kappa shape index (κ2) is 20.0. The minimum absolute atomic E-state index is 0. The maximum absolute atomic E-state index is 7.00. The smallest absolute Gasteiger partial charge is 0.135 e. The van der Waals surface area contributed by atoms with E-state index in [1.807, 2.05) is 12.3 Å². The molecule has 0 N–H and O–H groups in total. The minimum atomic E-state index is -0.288.